The van der Waals surface area contributed by atoms with Crippen LogP contribution in [0.3, 0.4) is 0 Å². The normalized spacial score (nSPS) is 15.8. The molecule has 130 valence electrons. The average Bonchev–Trinajstić information content (AvgIpc) is 3.09. The Bertz CT molecular complexity index is 755. The summed E-state index contributed by atoms with van der Waals surface area (Å²) in [4.78, 5) is 13.2. The summed E-state index contributed by atoms with van der Waals surface area (Å²) in [6.07, 6.45) is 3.47. The fourth-order valence-electron chi connectivity index (χ4n) is 3.62. The molecule has 0 atom stereocenters. The molecule has 1 aliphatic rings. The fraction of sp³-hybridized carbons (Fsp3) is 0.381. The first-order valence-corrected chi connectivity index (χ1v) is 9.34. The first-order valence-electron chi connectivity index (χ1n) is 9.34. The van der Waals surface area contributed by atoms with Gasteiger partial charge < -0.3 is 9.88 Å². The minimum Gasteiger partial charge on any atom is -0.369 e. The molecule has 1 fully saturated rings. The van der Waals surface area contributed by atoms with E-state index in [2.05, 4.69) is 68.3 Å². The second-order valence-electron chi connectivity index (χ2n) is 6.82. The number of nitrogens with one attached hydrogen (secondary N) is 1. The third kappa shape index (κ3) is 4.02. The van der Waals surface area contributed by atoms with Crippen LogP contribution in [-0.2, 0) is 6.42 Å². The number of rotatable bonds is 6. The highest BCUT2D eigenvalue weighted by Crippen LogP contribution is 2.16. The average molecular weight is 334 g/mol. The third-order valence-corrected chi connectivity index (χ3v) is 5.07. The number of aryl methyl sites for hydroxylation is 1. The number of H-pyrrole nitrogens is 1. The van der Waals surface area contributed by atoms with Gasteiger partial charge in [0, 0.05) is 38.3 Å². The molecular formula is C21H26N4. The Kier molecular flexibility index (Phi) is 4.98. The van der Waals surface area contributed by atoms with Gasteiger partial charge in [-0.05, 0) is 43.7 Å². The Balaban J connectivity index is 1.18. The van der Waals surface area contributed by atoms with Crippen LogP contribution in [0.5, 0.6) is 0 Å². The summed E-state index contributed by atoms with van der Waals surface area (Å²) in [5, 5.41) is 0. The topological polar surface area (TPSA) is 35.2 Å². The number of fused-ring (bicyclic) bond motifs is 1. The second-order valence-corrected chi connectivity index (χ2v) is 6.82. The molecule has 1 aliphatic heterocycles. The van der Waals surface area contributed by atoms with Crippen LogP contribution < -0.4 is 4.90 Å². The highest BCUT2D eigenvalue weighted by Gasteiger charge is 2.16. The summed E-state index contributed by atoms with van der Waals surface area (Å²) in [5.41, 5.74) is 3.58. The molecule has 25 heavy (non-hydrogen) atoms. The molecular weight excluding hydrogens is 308 g/mol. The van der Waals surface area contributed by atoms with Gasteiger partial charge in [0.25, 0.3) is 0 Å². The van der Waals surface area contributed by atoms with E-state index >= 15 is 0 Å². The van der Waals surface area contributed by atoms with Crippen LogP contribution in [0.15, 0.2) is 54.6 Å². The van der Waals surface area contributed by atoms with Gasteiger partial charge in [0.1, 0.15) is 5.82 Å². The molecule has 2 heterocycles. The first-order chi connectivity index (χ1) is 12.4. The van der Waals surface area contributed by atoms with Gasteiger partial charge in [-0.15, -0.1) is 0 Å². The molecule has 2 aromatic carbocycles. The lowest BCUT2D eigenvalue weighted by atomic mass is 10.2. The lowest BCUT2D eigenvalue weighted by Gasteiger charge is -2.36. The maximum atomic E-state index is 4.66. The van der Waals surface area contributed by atoms with Crippen molar-refractivity contribution in [3.05, 3.63) is 60.4 Å². The largest absolute Gasteiger partial charge is 0.369 e. The number of para-hydroxylation sites is 3. The molecule has 0 saturated carbocycles. The molecule has 3 aromatic rings. The Morgan fingerprint density at radius 3 is 2.40 bits per heavy atom. The zero-order valence-electron chi connectivity index (χ0n) is 14.7. The van der Waals surface area contributed by atoms with Gasteiger partial charge in [-0.3, -0.25) is 4.90 Å². The van der Waals surface area contributed by atoms with Gasteiger partial charge in [-0.1, -0.05) is 30.3 Å². The van der Waals surface area contributed by atoms with Crippen LogP contribution in [-0.4, -0.2) is 47.6 Å². The smallest absolute Gasteiger partial charge is 0.107 e. The molecule has 1 N–H and O–H groups in total. The van der Waals surface area contributed by atoms with E-state index in [0.29, 0.717) is 0 Å². The van der Waals surface area contributed by atoms with E-state index in [0.717, 1.165) is 36.4 Å². The van der Waals surface area contributed by atoms with Gasteiger partial charge in [0.05, 0.1) is 11.0 Å². The van der Waals surface area contributed by atoms with Crippen molar-refractivity contribution >= 4 is 16.7 Å². The number of anilines is 1. The standard InChI is InChI=1S/C21H26N4/c1-2-8-18(9-3-1)25-16-14-24(15-17-25)13-7-6-12-21-22-19-10-4-5-11-20(19)23-21/h1-5,8-11H,6-7,12-17H2,(H,22,23). The molecule has 4 rings (SSSR count). The summed E-state index contributed by atoms with van der Waals surface area (Å²) in [6.45, 7) is 5.79. The van der Waals surface area contributed by atoms with Crippen molar-refractivity contribution in [3.63, 3.8) is 0 Å². The highest BCUT2D eigenvalue weighted by molar-refractivity contribution is 5.74. The second kappa shape index (κ2) is 7.70. The van der Waals surface area contributed by atoms with Gasteiger partial charge in [0.15, 0.2) is 0 Å². The predicted molar refractivity (Wildman–Crippen MR) is 104 cm³/mol. The van der Waals surface area contributed by atoms with E-state index in [1.807, 2.05) is 6.07 Å². The Morgan fingerprint density at radius 1 is 0.840 bits per heavy atom. The Morgan fingerprint density at radius 2 is 1.60 bits per heavy atom. The number of aromatic amines is 1. The number of hydrogen-bond donors (Lipinski definition) is 1. The van der Waals surface area contributed by atoms with Gasteiger partial charge in [-0.2, -0.15) is 0 Å². The van der Waals surface area contributed by atoms with Gasteiger partial charge in [0.2, 0.25) is 0 Å². The molecule has 4 nitrogen and oxygen atoms in total. The molecule has 0 bridgehead atoms. The summed E-state index contributed by atoms with van der Waals surface area (Å²) >= 11 is 0. The Hall–Kier alpha value is -2.33. The van der Waals surface area contributed by atoms with Crippen molar-refractivity contribution in [3.8, 4) is 0 Å². The number of benzene rings is 2. The van der Waals surface area contributed by atoms with Gasteiger partial charge >= 0.3 is 0 Å². The summed E-state index contributed by atoms with van der Waals surface area (Å²) in [7, 11) is 0. The number of aromatic nitrogens is 2. The van der Waals surface area contributed by atoms with Crippen LogP contribution in [0.4, 0.5) is 5.69 Å². The lowest BCUT2D eigenvalue weighted by Crippen LogP contribution is -2.46. The summed E-state index contributed by atoms with van der Waals surface area (Å²) in [6, 6.07) is 19.0. The van der Waals surface area contributed by atoms with Crippen molar-refractivity contribution in [2.45, 2.75) is 19.3 Å². The molecule has 0 spiro atoms. The summed E-state index contributed by atoms with van der Waals surface area (Å²) < 4.78 is 0. The molecule has 0 radical (unpaired) electrons. The number of hydrogen-bond acceptors (Lipinski definition) is 3. The summed E-state index contributed by atoms with van der Waals surface area (Å²) in [5.74, 6) is 1.12. The van der Waals surface area contributed by atoms with Gasteiger partial charge in [-0.25, -0.2) is 4.98 Å². The monoisotopic (exact) mass is 334 g/mol. The minimum absolute atomic E-state index is 1.04. The third-order valence-electron chi connectivity index (χ3n) is 5.07. The number of imidazole rings is 1. The molecule has 0 aliphatic carbocycles. The van der Waals surface area contributed by atoms with E-state index in [9.17, 15) is 0 Å². The van der Waals surface area contributed by atoms with Crippen molar-refractivity contribution < 1.29 is 0 Å². The highest BCUT2D eigenvalue weighted by atomic mass is 15.3. The molecule has 0 unspecified atom stereocenters. The quantitative estimate of drug-likeness (QED) is 0.698. The van der Waals surface area contributed by atoms with Crippen LogP contribution in [0, 0.1) is 0 Å². The number of nitrogens with zero attached hydrogens (tertiary/aromatic N) is 3. The predicted octanol–water partition coefficient (Wildman–Crippen LogP) is 3.71. The van der Waals surface area contributed by atoms with E-state index in [1.54, 1.807) is 0 Å². The SMILES string of the molecule is c1ccc(N2CCN(CCCCc3nc4ccccc4[nH]3)CC2)cc1. The Labute approximate surface area is 149 Å². The number of unbranched alkanes of at least 4 members (excludes halogenated alkanes) is 1. The zero-order valence-corrected chi connectivity index (χ0v) is 14.7. The first kappa shape index (κ1) is 16.2. The zero-order chi connectivity index (χ0) is 16.9. The van der Waals surface area contributed by atoms with E-state index in [4.69, 9.17) is 0 Å². The molecule has 1 saturated heterocycles. The molecule has 0 amide bonds. The minimum atomic E-state index is 1.04. The maximum absolute atomic E-state index is 4.66. The molecule has 1 aromatic heterocycles. The van der Waals surface area contributed by atoms with E-state index in [1.165, 1.54) is 38.2 Å². The van der Waals surface area contributed by atoms with Crippen molar-refractivity contribution in [1.82, 2.24) is 14.9 Å². The van der Waals surface area contributed by atoms with Crippen LogP contribution >= 0.6 is 0 Å². The van der Waals surface area contributed by atoms with Crippen molar-refractivity contribution in [2.75, 3.05) is 37.6 Å². The van der Waals surface area contributed by atoms with Crippen LogP contribution in [0.1, 0.15) is 18.7 Å². The maximum Gasteiger partial charge on any atom is 0.107 e. The number of piperazine rings is 1. The lowest BCUT2D eigenvalue weighted by molar-refractivity contribution is 0.253. The van der Waals surface area contributed by atoms with Crippen LogP contribution in [0.2, 0.25) is 0 Å². The van der Waals surface area contributed by atoms with Crippen molar-refractivity contribution in [2.24, 2.45) is 0 Å². The fourth-order valence-corrected chi connectivity index (χ4v) is 3.62. The van der Waals surface area contributed by atoms with Crippen LogP contribution in [0.25, 0.3) is 11.0 Å². The van der Waals surface area contributed by atoms with Crippen molar-refractivity contribution in [1.29, 1.82) is 0 Å². The molecule has 4 heteroatoms. The van der Waals surface area contributed by atoms with E-state index < -0.39 is 0 Å². The van der Waals surface area contributed by atoms with E-state index in [-0.39, 0.29) is 0 Å².